The van der Waals surface area contributed by atoms with Gasteiger partial charge in [-0.15, -0.1) is 0 Å². The molecule has 5 heteroatoms. The molecule has 0 radical (unpaired) electrons. The summed E-state index contributed by atoms with van der Waals surface area (Å²) in [6.45, 7) is 2.95. The smallest absolute Gasteiger partial charge is 0.268 e. The van der Waals surface area contributed by atoms with Crippen molar-refractivity contribution in [2.24, 2.45) is 0 Å². The number of carbonyl (C=O) groups excluding carboxylic acids is 2. The first-order chi connectivity index (χ1) is 10.1. The summed E-state index contributed by atoms with van der Waals surface area (Å²) in [5, 5.41) is 5.60. The zero-order chi connectivity index (χ0) is 14.8. The highest BCUT2D eigenvalue weighted by atomic mass is 16.2. The van der Waals surface area contributed by atoms with E-state index in [1.807, 2.05) is 43.5 Å². The minimum Gasteiger partial charge on any atom is -0.350 e. The largest absolute Gasteiger partial charge is 0.350 e. The van der Waals surface area contributed by atoms with Crippen molar-refractivity contribution in [3.8, 4) is 0 Å². The highest BCUT2D eigenvalue weighted by Gasteiger charge is 2.28. The monoisotopic (exact) mass is 283 g/mol. The van der Waals surface area contributed by atoms with Gasteiger partial charge in [0.1, 0.15) is 11.7 Å². The number of hydrogen-bond donors (Lipinski definition) is 2. The van der Waals surface area contributed by atoms with Gasteiger partial charge in [0.15, 0.2) is 0 Å². The van der Waals surface area contributed by atoms with Crippen LogP contribution in [0.15, 0.2) is 42.6 Å². The molecule has 0 aliphatic carbocycles. The minimum absolute atomic E-state index is 0.164. The zero-order valence-electron chi connectivity index (χ0n) is 11.8. The molecule has 108 valence electrons. The molecule has 5 nitrogen and oxygen atoms in total. The molecule has 1 aliphatic heterocycles. The van der Waals surface area contributed by atoms with Crippen LogP contribution in [-0.4, -0.2) is 22.4 Å². The van der Waals surface area contributed by atoms with Crippen LogP contribution in [0.25, 0.3) is 0 Å². The zero-order valence-corrected chi connectivity index (χ0v) is 11.8. The first-order valence-corrected chi connectivity index (χ1v) is 6.93. The third-order valence-corrected chi connectivity index (χ3v) is 3.65. The number of nitrogens with one attached hydrogen (secondary N) is 2. The molecule has 3 rings (SSSR count). The van der Waals surface area contributed by atoms with Crippen LogP contribution >= 0.6 is 0 Å². The number of amides is 2. The fourth-order valence-electron chi connectivity index (χ4n) is 2.42. The Morgan fingerprint density at radius 3 is 2.86 bits per heavy atom. The molecule has 0 bridgehead atoms. The summed E-state index contributed by atoms with van der Waals surface area (Å²) in [4.78, 5) is 24.0. The van der Waals surface area contributed by atoms with Crippen LogP contribution in [0.4, 0.5) is 0 Å². The standard InChI is InChI=1S/C16H17N3O2/c1-11-4-6-12(7-5-11)9-17-15(20)13-10-19-8-2-3-14(19)16(21)18-13/h2-8,13H,9-10H2,1H3,(H,17,20)(H,18,21). The van der Waals surface area contributed by atoms with Gasteiger partial charge in [-0.2, -0.15) is 0 Å². The average molecular weight is 283 g/mol. The number of aryl methyl sites for hydroxylation is 1. The van der Waals surface area contributed by atoms with Crippen molar-refractivity contribution in [1.82, 2.24) is 15.2 Å². The van der Waals surface area contributed by atoms with Crippen LogP contribution in [0.5, 0.6) is 0 Å². The number of aromatic nitrogens is 1. The average Bonchev–Trinajstić information content (AvgIpc) is 2.95. The normalized spacial score (nSPS) is 17.0. The van der Waals surface area contributed by atoms with Crippen molar-refractivity contribution in [3.63, 3.8) is 0 Å². The minimum atomic E-state index is -0.525. The number of nitrogens with zero attached hydrogens (tertiary/aromatic N) is 1. The van der Waals surface area contributed by atoms with E-state index in [2.05, 4.69) is 10.6 Å². The molecule has 1 aromatic carbocycles. The quantitative estimate of drug-likeness (QED) is 0.890. The molecule has 2 aromatic rings. The Labute approximate surface area is 123 Å². The van der Waals surface area contributed by atoms with E-state index in [1.165, 1.54) is 5.56 Å². The lowest BCUT2D eigenvalue weighted by Crippen LogP contribution is -2.52. The van der Waals surface area contributed by atoms with E-state index in [0.717, 1.165) is 5.56 Å². The van der Waals surface area contributed by atoms with E-state index in [9.17, 15) is 9.59 Å². The van der Waals surface area contributed by atoms with E-state index >= 15 is 0 Å². The van der Waals surface area contributed by atoms with Crippen LogP contribution in [-0.2, 0) is 17.9 Å². The molecule has 1 atom stereocenters. The molecule has 2 heterocycles. The van der Waals surface area contributed by atoms with Crippen molar-refractivity contribution in [2.75, 3.05) is 0 Å². The molecule has 0 saturated carbocycles. The van der Waals surface area contributed by atoms with Crippen LogP contribution in [0.2, 0.25) is 0 Å². The lowest BCUT2D eigenvalue weighted by atomic mass is 10.1. The van der Waals surface area contributed by atoms with Gasteiger partial charge in [0.05, 0.1) is 6.54 Å². The van der Waals surface area contributed by atoms with Gasteiger partial charge in [-0.1, -0.05) is 29.8 Å². The number of benzene rings is 1. The summed E-state index contributed by atoms with van der Waals surface area (Å²) in [7, 11) is 0. The first-order valence-electron chi connectivity index (χ1n) is 6.93. The predicted molar refractivity (Wildman–Crippen MR) is 78.7 cm³/mol. The second-order valence-corrected chi connectivity index (χ2v) is 5.28. The maximum Gasteiger partial charge on any atom is 0.268 e. The Balaban J connectivity index is 1.62. The van der Waals surface area contributed by atoms with Gasteiger partial charge in [-0.25, -0.2) is 0 Å². The summed E-state index contributed by atoms with van der Waals surface area (Å²) < 4.78 is 1.80. The van der Waals surface area contributed by atoms with Gasteiger partial charge in [0, 0.05) is 12.7 Å². The molecular weight excluding hydrogens is 266 g/mol. The van der Waals surface area contributed by atoms with Crippen molar-refractivity contribution in [2.45, 2.75) is 26.1 Å². The summed E-state index contributed by atoms with van der Waals surface area (Å²) in [6, 6.07) is 11.0. The number of hydrogen-bond acceptors (Lipinski definition) is 2. The lowest BCUT2D eigenvalue weighted by molar-refractivity contribution is -0.123. The molecule has 1 unspecified atom stereocenters. The van der Waals surface area contributed by atoms with Crippen LogP contribution < -0.4 is 10.6 Å². The van der Waals surface area contributed by atoms with E-state index in [4.69, 9.17) is 0 Å². The SMILES string of the molecule is Cc1ccc(CNC(=O)C2Cn3cccc3C(=O)N2)cc1. The fraction of sp³-hybridized carbons (Fsp3) is 0.250. The number of fused-ring (bicyclic) bond motifs is 1. The maximum atomic E-state index is 12.2. The molecule has 21 heavy (non-hydrogen) atoms. The van der Waals surface area contributed by atoms with E-state index < -0.39 is 6.04 Å². The molecule has 2 N–H and O–H groups in total. The Morgan fingerprint density at radius 1 is 1.33 bits per heavy atom. The fourth-order valence-corrected chi connectivity index (χ4v) is 2.42. The van der Waals surface area contributed by atoms with Gasteiger partial charge < -0.3 is 15.2 Å². The predicted octanol–water partition coefficient (Wildman–Crippen LogP) is 1.22. The summed E-state index contributed by atoms with van der Waals surface area (Å²) in [5.74, 6) is -0.370. The number of rotatable bonds is 3. The second kappa shape index (κ2) is 5.44. The van der Waals surface area contributed by atoms with Crippen LogP contribution in [0.1, 0.15) is 21.6 Å². The van der Waals surface area contributed by atoms with Gasteiger partial charge in [-0.3, -0.25) is 9.59 Å². The number of carbonyl (C=O) groups is 2. The Bertz CT molecular complexity index is 673. The van der Waals surface area contributed by atoms with Crippen LogP contribution in [0, 0.1) is 6.92 Å². The van der Waals surface area contributed by atoms with E-state index in [1.54, 1.807) is 10.6 Å². The first kappa shape index (κ1) is 13.4. The van der Waals surface area contributed by atoms with Gasteiger partial charge in [0.25, 0.3) is 5.91 Å². The summed E-state index contributed by atoms with van der Waals surface area (Å²) in [6.07, 6.45) is 1.81. The summed E-state index contributed by atoms with van der Waals surface area (Å²) in [5.41, 5.74) is 2.82. The van der Waals surface area contributed by atoms with Gasteiger partial charge in [0.2, 0.25) is 5.91 Å². The Morgan fingerprint density at radius 2 is 2.10 bits per heavy atom. The van der Waals surface area contributed by atoms with Crippen molar-refractivity contribution in [1.29, 1.82) is 0 Å². The maximum absolute atomic E-state index is 12.2. The lowest BCUT2D eigenvalue weighted by Gasteiger charge is -2.24. The Kier molecular flexibility index (Phi) is 3.48. The third-order valence-electron chi connectivity index (χ3n) is 3.65. The molecular formula is C16H17N3O2. The van der Waals surface area contributed by atoms with Crippen molar-refractivity contribution in [3.05, 3.63) is 59.4 Å². The molecule has 2 amide bonds. The third kappa shape index (κ3) is 2.81. The molecule has 0 spiro atoms. The molecule has 1 aliphatic rings. The van der Waals surface area contributed by atoms with Gasteiger partial charge in [-0.05, 0) is 24.6 Å². The topological polar surface area (TPSA) is 63.1 Å². The van der Waals surface area contributed by atoms with Gasteiger partial charge >= 0.3 is 0 Å². The van der Waals surface area contributed by atoms with Crippen molar-refractivity contribution >= 4 is 11.8 Å². The highest BCUT2D eigenvalue weighted by molar-refractivity contribution is 5.97. The van der Waals surface area contributed by atoms with E-state index in [-0.39, 0.29) is 11.8 Å². The molecule has 1 aromatic heterocycles. The second-order valence-electron chi connectivity index (χ2n) is 5.28. The molecule has 0 saturated heterocycles. The van der Waals surface area contributed by atoms with Crippen molar-refractivity contribution < 1.29 is 9.59 Å². The highest BCUT2D eigenvalue weighted by Crippen LogP contribution is 2.10. The Hall–Kier alpha value is -2.56. The molecule has 0 fully saturated rings. The van der Waals surface area contributed by atoms with E-state index in [0.29, 0.717) is 18.8 Å². The van der Waals surface area contributed by atoms with Crippen LogP contribution in [0.3, 0.4) is 0 Å². The summed E-state index contributed by atoms with van der Waals surface area (Å²) >= 11 is 0.